The molecular formula is C30H46NO2+. The molecule has 1 aromatic carbocycles. The molecule has 1 aliphatic rings. The van der Waals surface area contributed by atoms with E-state index in [1.54, 1.807) is 12.1 Å². The predicted octanol–water partition coefficient (Wildman–Crippen LogP) is 7.92. The third-order valence-corrected chi connectivity index (χ3v) is 7.12. The number of hydrogen-bond acceptors (Lipinski definition) is 2. The molecular weight excluding hydrogens is 406 g/mol. The zero-order valence-corrected chi connectivity index (χ0v) is 22.0. The summed E-state index contributed by atoms with van der Waals surface area (Å²) in [5.74, 6) is -0.0199. The van der Waals surface area contributed by atoms with E-state index in [0.717, 1.165) is 56.2 Å². The highest BCUT2D eigenvalue weighted by atomic mass is 16.3. The topological polar surface area (TPSA) is 40.5 Å². The van der Waals surface area contributed by atoms with Crippen LogP contribution in [0.25, 0.3) is 0 Å². The van der Waals surface area contributed by atoms with Crippen LogP contribution in [0.1, 0.15) is 91.3 Å². The van der Waals surface area contributed by atoms with E-state index in [-0.39, 0.29) is 17.5 Å². The number of aromatic hydroxyl groups is 2. The van der Waals surface area contributed by atoms with Crippen molar-refractivity contribution >= 4 is 0 Å². The number of benzene rings is 1. The number of hydrogen-bond donors (Lipinski definition) is 2. The van der Waals surface area contributed by atoms with Crippen molar-refractivity contribution in [3.05, 3.63) is 69.9 Å². The van der Waals surface area contributed by atoms with E-state index >= 15 is 0 Å². The van der Waals surface area contributed by atoms with Crippen LogP contribution in [0.4, 0.5) is 0 Å². The van der Waals surface area contributed by atoms with Crippen molar-refractivity contribution in [3.8, 4) is 11.5 Å². The fourth-order valence-corrected chi connectivity index (χ4v) is 4.70. The third kappa shape index (κ3) is 7.92. The Labute approximate surface area is 202 Å². The lowest BCUT2D eigenvalue weighted by Crippen LogP contribution is -2.53. The summed E-state index contributed by atoms with van der Waals surface area (Å²) in [5.41, 5.74) is 7.98. The van der Waals surface area contributed by atoms with Crippen molar-refractivity contribution in [2.75, 3.05) is 19.6 Å². The fraction of sp³-hybridized carbons (Fsp3) is 0.533. The number of quaternary nitrogens is 1. The van der Waals surface area contributed by atoms with E-state index in [1.165, 1.54) is 33.4 Å². The first-order valence-electron chi connectivity index (χ1n) is 12.5. The standard InChI is InChI=1S/C30H45NO2/c1-22(2)10-8-12-24(5)14-17-31(18-15-25(6)13-9-11-23(3)4)19-16-27-20-29(32)30(33)21-28(27)26(31)7/h10-11,14-15,20-21,26H,8-9,12-13,16-19H2,1-7H3,(H-,32,33)/p+1/b24-14+,25-15+/t26-/m0/s1. The van der Waals surface area contributed by atoms with Gasteiger partial charge in [0.05, 0.1) is 19.6 Å². The van der Waals surface area contributed by atoms with Gasteiger partial charge >= 0.3 is 0 Å². The van der Waals surface area contributed by atoms with Gasteiger partial charge in [0, 0.05) is 12.0 Å². The van der Waals surface area contributed by atoms with E-state index in [9.17, 15) is 10.2 Å². The minimum Gasteiger partial charge on any atom is -0.504 e. The normalized spacial score (nSPS) is 20.9. The zero-order chi connectivity index (χ0) is 24.6. The van der Waals surface area contributed by atoms with Crippen LogP contribution < -0.4 is 0 Å². The lowest BCUT2D eigenvalue weighted by Gasteiger charge is -2.46. The Morgan fingerprint density at radius 1 is 0.818 bits per heavy atom. The maximum absolute atomic E-state index is 10.2. The SMILES string of the molecule is CC(C)=CCC/C(C)=C/C[N+]1(C/C=C(\C)CCC=C(C)C)CCc2cc(O)c(O)cc2[C@@H]1C. The van der Waals surface area contributed by atoms with Crippen molar-refractivity contribution in [2.24, 2.45) is 0 Å². The second kappa shape index (κ2) is 12.3. The molecule has 182 valence electrons. The van der Waals surface area contributed by atoms with Crippen LogP contribution in [-0.2, 0) is 6.42 Å². The molecule has 0 fully saturated rings. The van der Waals surface area contributed by atoms with E-state index < -0.39 is 0 Å². The van der Waals surface area contributed by atoms with Crippen molar-refractivity contribution < 1.29 is 14.7 Å². The first-order chi connectivity index (χ1) is 15.5. The van der Waals surface area contributed by atoms with E-state index in [0.29, 0.717) is 0 Å². The first kappa shape index (κ1) is 27.0. The van der Waals surface area contributed by atoms with Gasteiger partial charge in [-0.3, -0.25) is 0 Å². The summed E-state index contributed by atoms with van der Waals surface area (Å²) in [5, 5.41) is 20.2. The maximum atomic E-state index is 10.2. The quantitative estimate of drug-likeness (QED) is 0.215. The molecule has 3 heteroatoms. The molecule has 0 spiro atoms. The molecule has 0 saturated heterocycles. The van der Waals surface area contributed by atoms with Crippen LogP contribution in [-0.4, -0.2) is 34.3 Å². The van der Waals surface area contributed by atoms with Crippen LogP contribution in [0.15, 0.2) is 58.7 Å². The Morgan fingerprint density at radius 3 is 1.79 bits per heavy atom. The van der Waals surface area contributed by atoms with E-state index in [1.807, 2.05) is 0 Å². The molecule has 0 amide bonds. The molecule has 0 unspecified atom stereocenters. The largest absolute Gasteiger partial charge is 0.504 e. The lowest BCUT2D eigenvalue weighted by atomic mass is 9.89. The van der Waals surface area contributed by atoms with Gasteiger partial charge in [-0.1, -0.05) is 34.4 Å². The third-order valence-electron chi connectivity index (χ3n) is 7.12. The molecule has 1 heterocycles. The number of nitrogens with zero attached hydrogens (tertiary/aromatic N) is 1. The number of phenolic OH excluding ortho intramolecular Hbond substituents is 2. The molecule has 1 aliphatic heterocycles. The molecule has 3 nitrogen and oxygen atoms in total. The summed E-state index contributed by atoms with van der Waals surface area (Å²) in [7, 11) is 0. The molecule has 2 rings (SSSR count). The molecule has 2 N–H and O–H groups in total. The number of phenols is 2. The number of allylic oxidation sites excluding steroid dienone is 6. The highest BCUT2D eigenvalue weighted by Crippen LogP contribution is 2.41. The predicted molar refractivity (Wildman–Crippen MR) is 142 cm³/mol. The van der Waals surface area contributed by atoms with Crippen LogP contribution in [0, 0.1) is 0 Å². The lowest BCUT2D eigenvalue weighted by molar-refractivity contribution is -0.947. The van der Waals surface area contributed by atoms with Crippen LogP contribution >= 0.6 is 0 Å². The monoisotopic (exact) mass is 452 g/mol. The van der Waals surface area contributed by atoms with Crippen LogP contribution in [0.2, 0.25) is 0 Å². The maximum Gasteiger partial charge on any atom is 0.157 e. The second-order valence-corrected chi connectivity index (χ2v) is 10.5. The molecule has 0 bridgehead atoms. The van der Waals surface area contributed by atoms with Crippen LogP contribution in [0.5, 0.6) is 11.5 Å². The van der Waals surface area contributed by atoms with Crippen molar-refractivity contribution in [1.82, 2.24) is 0 Å². The summed E-state index contributed by atoms with van der Waals surface area (Å²) >= 11 is 0. The fourth-order valence-electron chi connectivity index (χ4n) is 4.70. The Morgan fingerprint density at radius 2 is 1.30 bits per heavy atom. The molecule has 0 aliphatic carbocycles. The first-order valence-corrected chi connectivity index (χ1v) is 12.5. The minimum absolute atomic E-state index is 0.00836. The van der Waals surface area contributed by atoms with Crippen molar-refractivity contribution in [2.45, 2.75) is 86.6 Å². The summed E-state index contributed by atoms with van der Waals surface area (Å²) in [6, 6.07) is 3.80. The molecule has 1 atom stereocenters. The summed E-state index contributed by atoms with van der Waals surface area (Å²) in [4.78, 5) is 0. The van der Waals surface area contributed by atoms with Gasteiger partial charge < -0.3 is 14.7 Å². The highest BCUT2D eigenvalue weighted by Gasteiger charge is 2.38. The number of fused-ring (bicyclic) bond motifs is 1. The van der Waals surface area contributed by atoms with Gasteiger partial charge in [-0.25, -0.2) is 0 Å². The Kier molecular flexibility index (Phi) is 10.0. The molecule has 33 heavy (non-hydrogen) atoms. The van der Waals surface area contributed by atoms with E-state index in [4.69, 9.17) is 0 Å². The Bertz CT molecular complexity index is 885. The molecule has 0 aromatic heterocycles. The average molecular weight is 453 g/mol. The van der Waals surface area contributed by atoms with Gasteiger partial charge in [0.15, 0.2) is 11.5 Å². The average Bonchev–Trinajstić information content (AvgIpc) is 2.74. The number of rotatable bonds is 10. The van der Waals surface area contributed by atoms with Crippen molar-refractivity contribution in [1.29, 1.82) is 0 Å². The summed E-state index contributed by atoms with van der Waals surface area (Å²) in [6.45, 7) is 18.4. The van der Waals surface area contributed by atoms with Gasteiger partial charge in [-0.05, 0) is 104 Å². The van der Waals surface area contributed by atoms with Gasteiger partial charge in [-0.2, -0.15) is 0 Å². The van der Waals surface area contributed by atoms with Gasteiger partial charge in [0.1, 0.15) is 6.04 Å². The second-order valence-electron chi connectivity index (χ2n) is 10.5. The zero-order valence-electron chi connectivity index (χ0n) is 22.0. The Balaban J connectivity index is 2.28. The smallest absolute Gasteiger partial charge is 0.157 e. The highest BCUT2D eigenvalue weighted by molar-refractivity contribution is 5.47. The summed E-state index contributed by atoms with van der Waals surface area (Å²) in [6.07, 6.45) is 14.8. The summed E-state index contributed by atoms with van der Waals surface area (Å²) < 4.78 is 0.956. The van der Waals surface area contributed by atoms with E-state index in [2.05, 4.69) is 72.8 Å². The molecule has 1 aromatic rings. The Hall–Kier alpha value is -2.26. The van der Waals surface area contributed by atoms with Gasteiger partial charge in [0.2, 0.25) is 0 Å². The molecule has 0 radical (unpaired) electrons. The minimum atomic E-state index is -0.0116. The van der Waals surface area contributed by atoms with Gasteiger partial charge in [0.25, 0.3) is 0 Å². The molecule has 0 saturated carbocycles. The van der Waals surface area contributed by atoms with Crippen LogP contribution in [0.3, 0.4) is 0 Å². The van der Waals surface area contributed by atoms with Crippen molar-refractivity contribution in [3.63, 3.8) is 0 Å². The van der Waals surface area contributed by atoms with Gasteiger partial charge in [-0.15, -0.1) is 0 Å².